The highest BCUT2D eigenvalue weighted by atomic mass is 35.5. The maximum Gasteiger partial charge on any atom is 0.257 e. The van der Waals surface area contributed by atoms with Crippen molar-refractivity contribution in [2.45, 2.75) is 19.6 Å². The normalized spacial score (nSPS) is 11.4. The Balaban J connectivity index is 2.16. The summed E-state index contributed by atoms with van der Waals surface area (Å²) in [5.41, 5.74) is 0.630. The molecular weight excluding hydrogens is 360 g/mol. The third kappa shape index (κ3) is 4.21. The SMILES string of the molecule is CCS(=O)(=O)Cc1cnc(NC(=O)c2ccc(Cl)c(O)c2C)s1. The first-order valence-corrected chi connectivity index (χ1v) is 9.69. The van der Waals surface area contributed by atoms with Crippen molar-refractivity contribution in [1.82, 2.24) is 4.98 Å². The number of halogens is 1. The number of rotatable bonds is 5. The van der Waals surface area contributed by atoms with Crippen molar-refractivity contribution in [1.29, 1.82) is 0 Å². The second kappa shape index (κ2) is 6.86. The molecule has 23 heavy (non-hydrogen) atoms. The van der Waals surface area contributed by atoms with E-state index in [1.54, 1.807) is 13.8 Å². The number of thiazole rings is 1. The summed E-state index contributed by atoms with van der Waals surface area (Å²) in [5, 5.41) is 12.8. The van der Waals surface area contributed by atoms with Gasteiger partial charge >= 0.3 is 0 Å². The second-order valence-electron chi connectivity index (χ2n) is 4.83. The fourth-order valence-electron chi connectivity index (χ4n) is 1.83. The number of amides is 1. The molecule has 0 saturated heterocycles. The van der Waals surface area contributed by atoms with Crippen LogP contribution in [0.3, 0.4) is 0 Å². The molecule has 0 aliphatic rings. The van der Waals surface area contributed by atoms with Crippen LogP contribution in [0, 0.1) is 6.92 Å². The number of phenolic OH excluding ortho intramolecular Hbond substituents is 1. The van der Waals surface area contributed by atoms with Gasteiger partial charge in [-0.15, -0.1) is 11.3 Å². The average molecular weight is 375 g/mol. The van der Waals surface area contributed by atoms with E-state index in [4.69, 9.17) is 11.6 Å². The molecule has 6 nitrogen and oxygen atoms in total. The molecule has 9 heteroatoms. The minimum Gasteiger partial charge on any atom is -0.506 e. The largest absolute Gasteiger partial charge is 0.506 e. The van der Waals surface area contributed by atoms with E-state index >= 15 is 0 Å². The van der Waals surface area contributed by atoms with Gasteiger partial charge < -0.3 is 5.11 Å². The Kier molecular flexibility index (Phi) is 5.28. The Bertz CT molecular complexity index is 846. The molecule has 0 unspecified atom stereocenters. The van der Waals surface area contributed by atoms with Gasteiger partial charge in [0.2, 0.25) is 0 Å². The van der Waals surface area contributed by atoms with Crippen LogP contribution < -0.4 is 5.32 Å². The van der Waals surface area contributed by atoms with Gasteiger partial charge in [0.25, 0.3) is 5.91 Å². The summed E-state index contributed by atoms with van der Waals surface area (Å²) in [5.74, 6) is -0.643. The van der Waals surface area contributed by atoms with E-state index in [1.807, 2.05) is 0 Å². The first-order valence-electron chi connectivity index (χ1n) is 6.68. The third-order valence-electron chi connectivity index (χ3n) is 3.20. The van der Waals surface area contributed by atoms with E-state index in [-0.39, 0.29) is 27.8 Å². The lowest BCUT2D eigenvalue weighted by molar-refractivity contribution is 0.102. The first-order chi connectivity index (χ1) is 10.7. The van der Waals surface area contributed by atoms with Crippen molar-refractivity contribution in [3.8, 4) is 5.75 Å². The zero-order valence-corrected chi connectivity index (χ0v) is 14.8. The number of anilines is 1. The average Bonchev–Trinajstić information content (AvgIpc) is 2.91. The number of hydrogen-bond donors (Lipinski definition) is 2. The number of aromatic hydroxyl groups is 1. The molecule has 1 aromatic heterocycles. The topological polar surface area (TPSA) is 96.4 Å². The van der Waals surface area contributed by atoms with E-state index < -0.39 is 15.7 Å². The summed E-state index contributed by atoms with van der Waals surface area (Å²) in [6, 6.07) is 2.93. The second-order valence-corrected chi connectivity index (χ2v) is 8.71. The summed E-state index contributed by atoms with van der Waals surface area (Å²) in [6.45, 7) is 3.16. The van der Waals surface area contributed by atoms with Crippen molar-refractivity contribution >= 4 is 43.8 Å². The molecule has 1 amide bonds. The van der Waals surface area contributed by atoms with E-state index in [9.17, 15) is 18.3 Å². The van der Waals surface area contributed by atoms with Crippen molar-refractivity contribution in [3.63, 3.8) is 0 Å². The zero-order valence-electron chi connectivity index (χ0n) is 12.5. The molecule has 2 N–H and O–H groups in total. The molecule has 0 bridgehead atoms. The summed E-state index contributed by atoms with van der Waals surface area (Å²) in [6.07, 6.45) is 1.43. The van der Waals surface area contributed by atoms with Gasteiger partial charge in [-0.2, -0.15) is 0 Å². The monoisotopic (exact) mass is 374 g/mol. The molecular formula is C14H15ClN2O4S2. The summed E-state index contributed by atoms with van der Waals surface area (Å²) >= 11 is 6.88. The molecule has 0 radical (unpaired) electrons. The molecule has 1 aromatic carbocycles. The minimum atomic E-state index is -3.15. The van der Waals surface area contributed by atoms with E-state index in [2.05, 4.69) is 10.3 Å². The number of nitrogens with one attached hydrogen (secondary N) is 1. The van der Waals surface area contributed by atoms with Crippen molar-refractivity contribution < 1.29 is 18.3 Å². The van der Waals surface area contributed by atoms with Crippen LogP contribution in [-0.2, 0) is 15.6 Å². The number of hydrogen-bond acceptors (Lipinski definition) is 6. The molecule has 0 aliphatic heterocycles. The predicted octanol–water partition coefficient (Wildman–Crippen LogP) is 3.00. The van der Waals surface area contributed by atoms with Gasteiger partial charge in [0.05, 0.1) is 10.8 Å². The predicted molar refractivity (Wildman–Crippen MR) is 91.1 cm³/mol. The maximum atomic E-state index is 12.2. The quantitative estimate of drug-likeness (QED) is 0.838. The van der Waals surface area contributed by atoms with Crippen molar-refractivity contribution in [2.75, 3.05) is 11.1 Å². The smallest absolute Gasteiger partial charge is 0.257 e. The van der Waals surface area contributed by atoms with E-state index in [1.165, 1.54) is 18.3 Å². The van der Waals surface area contributed by atoms with Crippen molar-refractivity contribution in [3.05, 3.63) is 39.4 Å². The summed E-state index contributed by atoms with van der Waals surface area (Å²) in [4.78, 5) is 16.8. The number of nitrogens with zero attached hydrogens (tertiary/aromatic N) is 1. The Morgan fingerprint density at radius 2 is 2.13 bits per heavy atom. The first kappa shape index (κ1) is 17.7. The highest BCUT2D eigenvalue weighted by Crippen LogP contribution is 2.30. The van der Waals surface area contributed by atoms with Crippen LogP contribution in [0.15, 0.2) is 18.3 Å². The van der Waals surface area contributed by atoms with E-state index in [0.29, 0.717) is 15.6 Å². The van der Waals surface area contributed by atoms with Crippen LogP contribution in [0.25, 0.3) is 0 Å². The molecule has 0 atom stereocenters. The number of carbonyl (C=O) groups is 1. The van der Waals surface area contributed by atoms with Crippen LogP contribution in [-0.4, -0.2) is 30.2 Å². The number of carbonyl (C=O) groups excluding carboxylic acids is 1. The van der Waals surface area contributed by atoms with Gasteiger partial charge in [-0.1, -0.05) is 18.5 Å². The van der Waals surface area contributed by atoms with E-state index in [0.717, 1.165) is 11.3 Å². The molecule has 0 saturated carbocycles. The molecule has 0 fully saturated rings. The van der Waals surface area contributed by atoms with Crippen LogP contribution in [0.4, 0.5) is 5.13 Å². The fourth-order valence-corrected chi connectivity index (χ4v) is 4.12. The van der Waals surface area contributed by atoms with Gasteiger partial charge in [-0.3, -0.25) is 10.1 Å². The van der Waals surface area contributed by atoms with Gasteiger partial charge in [0, 0.05) is 28.0 Å². The van der Waals surface area contributed by atoms with Gasteiger partial charge in [-0.05, 0) is 19.1 Å². The molecule has 0 spiro atoms. The Morgan fingerprint density at radius 3 is 2.78 bits per heavy atom. The Morgan fingerprint density at radius 1 is 1.43 bits per heavy atom. The molecule has 2 aromatic rings. The standard InChI is InChI=1S/C14H15ClN2O4S2/c1-3-23(20,21)7-9-6-16-14(22-9)17-13(19)10-4-5-11(15)12(18)8(10)2/h4-6,18H,3,7H2,1-2H3,(H,16,17,19). The van der Waals surface area contributed by atoms with Crippen molar-refractivity contribution in [2.24, 2.45) is 0 Å². The number of aromatic nitrogens is 1. The van der Waals surface area contributed by atoms with Crippen LogP contribution in [0.1, 0.15) is 27.7 Å². The van der Waals surface area contributed by atoms with Crippen LogP contribution in [0.2, 0.25) is 5.02 Å². The molecule has 1 heterocycles. The lowest BCUT2D eigenvalue weighted by Gasteiger charge is -2.08. The number of benzene rings is 1. The lowest BCUT2D eigenvalue weighted by Crippen LogP contribution is -2.13. The number of phenols is 1. The number of sulfone groups is 1. The molecule has 124 valence electrons. The van der Waals surface area contributed by atoms with Gasteiger partial charge in [-0.25, -0.2) is 13.4 Å². The zero-order chi connectivity index (χ0) is 17.2. The minimum absolute atomic E-state index is 0.0514. The summed E-state index contributed by atoms with van der Waals surface area (Å²) < 4.78 is 23.2. The van der Waals surface area contributed by atoms with Crippen LogP contribution in [0.5, 0.6) is 5.75 Å². The fraction of sp³-hybridized carbons (Fsp3) is 0.286. The Hall–Kier alpha value is -1.64. The van der Waals surface area contributed by atoms with Gasteiger partial charge in [0.1, 0.15) is 5.75 Å². The maximum absolute atomic E-state index is 12.2. The van der Waals surface area contributed by atoms with Gasteiger partial charge in [0.15, 0.2) is 15.0 Å². The third-order valence-corrected chi connectivity index (χ3v) is 6.23. The Labute approximate surface area is 143 Å². The van der Waals surface area contributed by atoms with Crippen LogP contribution >= 0.6 is 22.9 Å². The summed E-state index contributed by atoms with van der Waals surface area (Å²) in [7, 11) is -3.15. The molecule has 0 aliphatic carbocycles. The lowest BCUT2D eigenvalue weighted by atomic mass is 10.1. The highest BCUT2D eigenvalue weighted by Gasteiger charge is 2.17. The highest BCUT2D eigenvalue weighted by molar-refractivity contribution is 7.90. The molecule has 2 rings (SSSR count).